The van der Waals surface area contributed by atoms with E-state index in [1.165, 1.54) is 13.1 Å². The van der Waals surface area contributed by atoms with E-state index < -0.39 is 11.5 Å². The van der Waals surface area contributed by atoms with Crippen LogP contribution >= 0.6 is 0 Å². The Morgan fingerprint density at radius 2 is 2.06 bits per heavy atom. The monoisotopic (exact) mass is 236 g/mol. The van der Waals surface area contributed by atoms with Crippen molar-refractivity contribution in [1.82, 2.24) is 15.5 Å². The average Bonchev–Trinajstić information content (AvgIpc) is 3.10. The Morgan fingerprint density at radius 3 is 2.47 bits per heavy atom. The number of carbonyl (C=O) groups is 2. The highest BCUT2D eigenvalue weighted by molar-refractivity contribution is 5.92. The van der Waals surface area contributed by atoms with Crippen molar-refractivity contribution < 1.29 is 14.7 Å². The number of rotatable bonds is 4. The van der Waals surface area contributed by atoms with E-state index in [9.17, 15) is 9.59 Å². The molecule has 90 valence electrons. The number of carboxylic acid groups (broad SMARTS) is 1. The Morgan fingerprint density at radius 1 is 1.35 bits per heavy atom. The maximum atomic E-state index is 11.2. The minimum atomic E-state index is -0.900. The third-order valence-corrected chi connectivity index (χ3v) is 2.65. The summed E-state index contributed by atoms with van der Waals surface area (Å²) >= 11 is 0. The normalized spacial score (nSPS) is 16.1. The van der Waals surface area contributed by atoms with Crippen molar-refractivity contribution >= 4 is 17.7 Å². The maximum absolute atomic E-state index is 11.2. The van der Waals surface area contributed by atoms with Crippen molar-refractivity contribution in [1.29, 1.82) is 0 Å². The highest BCUT2D eigenvalue weighted by atomic mass is 16.4. The van der Waals surface area contributed by atoms with E-state index in [1.54, 1.807) is 6.07 Å². The van der Waals surface area contributed by atoms with Crippen LogP contribution < -0.4 is 10.6 Å². The summed E-state index contributed by atoms with van der Waals surface area (Å²) in [7, 11) is 1.50. The summed E-state index contributed by atoms with van der Waals surface area (Å²) in [6, 6.07) is 3.03. The molecule has 0 spiro atoms. The van der Waals surface area contributed by atoms with Gasteiger partial charge in [-0.1, -0.05) is 0 Å². The van der Waals surface area contributed by atoms with Gasteiger partial charge in [-0.15, -0.1) is 10.2 Å². The van der Waals surface area contributed by atoms with Crippen LogP contribution in [0.1, 0.15) is 23.3 Å². The number of aliphatic carboxylic acids is 1. The highest BCUT2D eigenvalue weighted by Crippen LogP contribution is 2.38. The minimum Gasteiger partial charge on any atom is -0.480 e. The van der Waals surface area contributed by atoms with Crippen molar-refractivity contribution in [3.63, 3.8) is 0 Å². The average molecular weight is 236 g/mol. The van der Waals surface area contributed by atoms with Crippen LogP contribution in [0.25, 0.3) is 0 Å². The molecule has 7 heteroatoms. The minimum absolute atomic E-state index is 0.193. The van der Waals surface area contributed by atoms with Crippen molar-refractivity contribution in [2.45, 2.75) is 18.4 Å². The van der Waals surface area contributed by atoms with E-state index in [2.05, 4.69) is 20.8 Å². The lowest BCUT2D eigenvalue weighted by Gasteiger charge is -2.12. The van der Waals surface area contributed by atoms with E-state index in [-0.39, 0.29) is 11.6 Å². The summed E-state index contributed by atoms with van der Waals surface area (Å²) in [6.45, 7) is 0. The molecule has 0 aromatic carbocycles. The predicted octanol–water partition coefficient (Wildman–Crippen LogP) is -0.135. The molecular formula is C10H12N4O3. The first kappa shape index (κ1) is 11.3. The smallest absolute Gasteiger partial charge is 0.329 e. The Balaban J connectivity index is 2.09. The summed E-state index contributed by atoms with van der Waals surface area (Å²) in [4.78, 5) is 22.1. The number of amides is 1. The number of hydrogen-bond donors (Lipinski definition) is 3. The maximum Gasteiger partial charge on any atom is 0.329 e. The van der Waals surface area contributed by atoms with Gasteiger partial charge in [0.2, 0.25) is 0 Å². The van der Waals surface area contributed by atoms with Crippen LogP contribution in [0.15, 0.2) is 12.1 Å². The second-order valence-corrected chi connectivity index (χ2v) is 3.90. The van der Waals surface area contributed by atoms with Gasteiger partial charge in [0.1, 0.15) is 11.4 Å². The number of carbonyl (C=O) groups excluding carboxylic acids is 1. The molecule has 1 aromatic heterocycles. The molecule has 0 bridgehead atoms. The molecule has 1 aliphatic rings. The van der Waals surface area contributed by atoms with Crippen LogP contribution in [0.5, 0.6) is 0 Å². The fourth-order valence-electron chi connectivity index (χ4n) is 1.41. The van der Waals surface area contributed by atoms with Gasteiger partial charge in [-0.25, -0.2) is 4.79 Å². The molecule has 1 saturated carbocycles. The van der Waals surface area contributed by atoms with Crippen LogP contribution in [-0.2, 0) is 4.79 Å². The molecule has 1 aliphatic carbocycles. The Kier molecular flexibility index (Phi) is 2.66. The molecule has 17 heavy (non-hydrogen) atoms. The van der Waals surface area contributed by atoms with Crippen LogP contribution in [0.3, 0.4) is 0 Å². The van der Waals surface area contributed by atoms with Gasteiger partial charge in [0.25, 0.3) is 5.91 Å². The lowest BCUT2D eigenvalue weighted by molar-refractivity contribution is -0.138. The Bertz CT molecular complexity index is 453. The van der Waals surface area contributed by atoms with Gasteiger partial charge >= 0.3 is 5.97 Å². The number of nitrogens with one attached hydrogen (secondary N) is 2. The molecular weight excluding hydrogens is 224 g/mol. The zero-order valence-electron chi connectivity index (χ0n) is 9.23. The van der Waals surface area contributed by atoms with E-state index in [1.807, 2.05) is 0 Å². The predicted molar refractivity (Wildman–Crippen MR) is 58.6 cm³/mol. The van der Waals surface area contributed by atoms with Gasteiger partial charge in [-0.2, -0.15) is 0 Å². The van der Waals surface area contributed by atoms with Gasteiger partial charge in [0.15, 0.2) is 5.69 Å². The summed E-state index contributed by atoms with van der Waals surface area (Å²) in [5.74, 6) is -0.865. The Hall–Kier alpha value is -2.18. The molecule has 1 aromatic rings. The number of anilines is 1. The quantitative estimate of drug-likeness (QED) is 0.672. The van der Waals surface area contributed by atoms with Crippen LogP contribution in [-0.4, -0.2) is 39.8 Å². The summed E-state index contributed by atoms with van der Waals surface area (Å²) in [5.41, 5.74) is -0.707. The highest BCUT2D eigenvalue weighted by Gasteiger charge is 2.50. The topological polar surface area (TPSA) is 104 Å². The van der Waals surface area contributed by atoms with Gasteiger partial charge < -0.3 is 15.7 Å². The molecule has 0 atom stereocenters. The molecule has 2 rings (SSSR count). The van der Waals surface area contributed by atoms with Crippen LogP contribution in [0.4, 0.5) is 5.82 Å². The fourth-order valence-corrected chi connectivity index (χ4v) is 1.41. The lowest BCUT2D eigenvalue weighted by Crippen LogP contribution is -2.32. The molecule has 1 heterocycles. The van der Waals surface area contributed by atoms with Gasteiger partial charge in [0, 0.05) is 7.05 Å². The largest absolute Gasteiger partial charge is 0.480 e. The second kappa shape index (κ2) is 4.00. The number of hydrogen-bond acceptors (Lipinski definition) is 5. The van der Waals surface area contributed by atoms with E-state index >= 15 is 0 Å². The van der Waals surface area contributed by atoms with E-state index in [4.69, 9.17) is 5.11 Å². The standard InChI is InChI=1S/C10H12N4O3/c1-11-8(15)6-2-3-7(14-13-6)12-10(4-5-10)9(16)17/h2-3H,4-5H2,1H3,(H,11,15)(H,12,14)(H,16,17). The SMILES string of the molecule is CNC(=O)c1ccc(NC2(C(=O)O)CC2)nn1. The number of carboxylic acids is 1. The van der Waals surface area contributed by atoms with E-state index in [0.29, 0.717) is 18.7 Å². The van der Waals surface area contributed by atoms with Gasteiger partial charge in [-0.3, -0.25) is 4.79 Å². The van der Waals surface area contributed by atoms with Crippen molar-refractivity contribution in [3.8, 4) is 0 Å². The van der Waals surface area contributed by atoms with Gasteiger partial charge in [-0.05, 0) is 25.0 Å². The first-order chi connectivity index (χ1) is 8.07. The first-order valence-electron chi connectivity index (χ1n) is 5.15. The second-order valence-electron chi connectivity index (χ2n) is 3.90. The first-order valence-corrected chi connectivity index (χ1v) is 5.15. The van der Waals surface area contributed by atoms with Crippen molar-refractivity contribution in [3.05, 3.63) is 17.8 Å². The van der Waals surface area contributed by atoms with Gasteiger partial charge in [0.05, 0.1) is 0 Å². The molecule has 1 fully saturated rings. The van der Waals surface area contributed by atoms with Crippen LogP contribution in [0.2, 0.25) is 0 Å². The third kappa shape index (κ3) is 2.17. The summed E-state index contributed by atoms with van der Waals surface area (Å²) in [6.07, 6.45) is 1.14. The summed E-state index contributed by atoms with van der Waals surface area (Å²) < 4.78 is 0. The fraction of sp³-hybridized carbons (Fsp3) is 0.400. The number of aromatic nitrogens is 2. The molecule has 0 saturated heterocycles. The summed E-state index contributed by atoms with van der Waals surface area (Å²) in [5, 5.41) is 21.7. The zero-order valence-corrected chi connectivity index (χ0v) is 9.23. The molecule has 7 nitrogen and oxygen atoms in total. The molecule has 3 N–H and O–H groups in total. The molecule has 1 amide bonds. The lowest BCUT2D eigenvalue weighted by atomic mass is 10.2. The Labute approximate surface area is 97.2 Å². The third-order valence-electron chi connectivity index (χ3n) is 2.65. The van der Waals surface area contributed by atoms with Crippen molar-refractivity contribution in [2.75, 3.05) is 12.4 Å². The van der Waals surface area contributed by atoms with Crippen LogP contribution in [0, 0.1) is 0 Å². The molecule has 0 aliphatic heterocycles. The molecule has 0 unspecified atom stereocenters. The van der Waals surface area contributed by atoms with Crippen molar-refractivity contribution in [2.24, 2.45) is 0 Å². The zero-order chi connectivity index (χ0) is 12.5. The molecule has 0 radical (unpaired) electrons. The number of nitrogens with zero attached hydrogens (tertiary/aromatic N) is 2. The van der Waals surface area contributed by atoms with E-state index in [0.717, 1.165) is 0 Å².